The summed E-state index contributed by atoms with van der Waals surface area (Å²) in [6.45, 7) is 9.22. The molecule has 1 atom stereocenters. The summed E-state index contributed by atoms with van der Waals surface area (Å²) < 4.78 is 0. The molecule has 0 aliphatic rings. The minimum Gasteiger partial charge on any atom is -0.298 e. The summed E-state index contributed by atoms with van der Waals surface area (Å²) in [7, 11) is 2.01. The van der Waals surface area contributed by atoms with Crippen molar-refractivity contribution in [2.75, 3.05) is 13.6 Å². The van der Waals surface area contributed by atoms with Crippen molar-refractivity contribution in [2.24, 2.45) is 5.92 Å². The maximum absolute atomic E-state index is 11.3. The van der Waals surface area contributed by atoms with E-state index < -0.39 is 0 Å². The highest BCUT2D eigenvalue weighted by atomic mass is 16.1. The molecule has 0 aliphatic carbocycles. The molecule has 0 rings (SSSR count). The third-order valence-electron chi connectivity index (χ3n) is 2.13. The summed E-state index contributed by atoms with van der Waals surface area (Å²) in [6, 6.07) is 0.0809. The molecule has 0 saturated heterocycles. The van der Waals surface area contributed by atoms with Crippen molar-refractivity contribution >= 4 is 5.78 Å². The monoisotopic (exact) mass is 171 g/mol. The molecule has 0 aliphatic heterocycles. The van der Waals surface area contributed by atoms with Gasteiger partial charge in [0.25, 0.3) is 0 Å². The SMILES string of the molecule is CCC(=O)[C@H](C)N(C)CC(C)C. The highest BCUT2D eigenvalue weighted by molar-refractivity contribution is 5.83. The summed E-state index contributed by atoms with van der Waals surface area (Å²) in [5.74, 6) is 0.959. The van der Waals surface area contributed by atoms with Gasteiger partial charge in [0, 0.05) is 13.0 Å². The number of likely N-dealkylation sites (N-methyl/N-ethyl adjacent to an activating group) is 1. The van der Waals surface area contributed by atoms with Crippen LogP contribution in [-0.2, 0) is 4.79 Å². The van der Waals surface area contributed by atoms with Crippen LogP contribution in [-0.4, -0.2) is 30.3 Å². The molecule has 0 heterocycles. The average Bonchev–Trinajstić information content (AvgIpc) is 2.00. The molecule has 0 aromatic rings. The highest BCUT2D eigenvalue weighted by Gasteiger charge is 2.16. The van der Waals surface area contributed by atoms with Gasteiger partial charge in [-0.15, -0.1) is 0 Å². The zero-order valence-electron chi connectivity index (χ0n) is 8.92. The van der Waals surface area contributed by atoms with Crippen molar-refractivity contribution in [3.05, 3.63) is 0 Å². The van der Waals surface area contributed by atoms with Crippen LogP contribution in [0.1, 0.15) is 34.1 Å². The zero-order valence-corrected chi connectivity index (χ0v) is 8.92. The Morgan fingerprint density at radius 1 is 1.33 bits per heavy atom. The molecule has 0 bridgehead atoms. The van der Waals surface area contributed by atoms with Gasteiger partial charge in [0.2, 0.25) is 0 Å². The van der Waals surface area contributed by atoms with E-state index in [4.69, 9.17) is 0 Å². The molecule has 0 saturated carbocycles. The van der Waals surface area contributed by atoms with Crippen molar-refractivity contribution in [3.8, 4) is 0 Å². The minimum atomic E-state index is 0.0809. The van der Waals surface area contributed by atoms with Crippen molar-refractivity contribution in [2.45, 2.75) is 40.2 Å². The number of nitrogens with zero attached hydrogens (tertiary/aromatic N) is 1. The van der Waals surface area contributed by atoms with E-state index >= 15 is 0 Å². The molecule has 2 heteroatoms. The van der Waals surface area contributed by atoms with Crippen molar-refractivity contribution < 1.29 is 4.79 Å². The second kappa shape index (κ2) is 5.31. The molecule has 0 N–H and O–H groups in total. The fourth-order valence-corrected chi connectivity index (χ4v) is 1.28. The Morgan fingerprint density at radius 2 is 1.83 bits per heavy atom. The van der Waals surface area contributed by atoms with E-state index in [1.54, 1.807) is 0 Å². The smallest absolute Gasteiger partial charge is 0.149 e. The van der Waals surface area contributed by atoms with Gasteiger partial charge in [-0.25, -0.2) is 0 Å². The Labute approximate surface area is 75.9 Å². The van der Waals surface area contributed by atoms with Gasteiger partial charge >= 0.3 is 0 Å². The quantitative estimate of drug-likeness (QED) is 0.630. The molecule has 0 unspecified atom stereocenters. The van der Waals surface area contributed by atoms with E-state index in [2.05, 4.69) is 18.7 Å². The van der Waals surface area contributed by atoms with Crippen LogP contribution >= 0.6 is 0 Å². The predicted octanol–water partition coefficient (Wildman–Crippen LogP) is 1.94. The molecule has 0 fully saturated rings. The van der Waals surface area contributed by atoms with Crippen LogP contribution in [0.2, 0.25) is 0 Å². The zero-order chi connectivity index (χ0) is 9.72. The lowest BCUT2D eigenvalue weighted by atomic mass is 10.1. The number of ketones is 1. The van der Waals surface area contributed by atoms with E-state index in [0.717, 1.165) is 6.54 Å². The van der Waals surface area contributed by atoms with E-state index in [0.29, 0.717) is 18.1 Å². The topological polar surface area (TPSA) is 20.3 Å². The molecule has 0 amide bonds. The van der Waals surface area contributed by atoms with Crippen LogP contribution in [0.4, 0.5) is 0 Å². The molecular formula is C10H21NO. The lowest BCUT2D eigenvalue weighted by Gasteiger charge is -2.24. The first-order chi connectivity index (χ1) is 5.49. The molecule has 12 heavy (non-hydrogen) atoms. The number of carbonyl (C=O) groups is 1. The normalized spacial score (nSPS) is 13.9. The van der Waals surface area contributed by atoms with Crippen molar-refractivity contribution in [3.63, 3.8) is 0 Å². The van der Waals surface area contributed by atoms with Crippen molar-refractivity contribution in [1.82, 2.24) is 4.90 Å². The maximum atomic E-state index is 11.3. The van der Waals surface area contributed by atoms with Gasteiger partial charge in [-0.3, -0.25) is 9.69 Å². The number of Topliss-reactive ketones (excluding diaryl/α,β-unsaturated/α-hetero) is 1. The van der Waals surface area contributed by atoms with E-state index in [9.17, 15) is 4.79 Å². The van der Waals surface area contributed by atoms with Gasteiger partial charge in [-0.1, -0.05) is 20.8 Å². The van der Waals surface area contributed by atoms with Gasteiger partial charge in [0.1, 0.15) is 5.78 Å². The Morgan fingerprint density at radius 3 is 2.17 bits per heavy atom. The number of hydrogen-bond donors (Lipinski definition) is 0. The van der Waals surface area contributed by atoms with Gasteiger partial charge in [0.15, 0.2) is 0 Å². The number of rotatable bonds is 5. The standard InChI is InChI=1S/C10H21NO/c1-6-10(12)9(4)11(5)7-8(2)3/h8-9H,6-7H2,1-5H3/t9-/m0/s1. The van der Waals surface area contributed by atoms with Crippen LogP contribution < -0.4 is 0 Å². The first kappa shape index (κ1) is 11.6. The largest absolute Gasteiger partial charge is 0.298 e. The molecule has 72 valence electrons. The molecule has 0 spiro atoms. The Hall–Kier alpha value is -0.370. The Bertz CT molecular complexity index is 143. The lowest BCUT2D eigenvalue weighted by molar-refractivity contribution is -0.123. The molecule has 0 aromatic heterocycles. The molecule has 0 aromatic carbocycles. The van der Waals surface area contributed by atoms with E-state index in [-0.39, 0.29) is 6.04 Å². The number of hydrogen-bond acceptors (Lipinski definition) is 2. The third kappa shape index (κ3) is 3.86. The third-order valence-corrected chi connectivity index (χ3v) is 2.13. The molecular weight excluding hydrogens is 150 g/mol. The Balaban J connectivity index is 3.91. The van der Waals surface area contributed by atoms with Gasteiger partial charge in [0.05, 0.1) is 6.04 Å². The summed E-state index contributed by atoms with van der Waals surface area (Å²) in [5.41, 5.74) is 0. The van der Waals surface area contributed by atoms with Crippen LogP contribution in [0.15, 0.2) is 0 Å². The highest BCUT2D eigenvalue weighted by Crippen LogP contribution is 2.03. The summed E-state index contributed by atoms with van der Waals surface area (Å²) in [4.78, 5) is 13.4. The fourth-order valence-electron chi connectivity index (χ4n) is 1.28. The summed E-state index contributed by atoms with van der Waals surface area (Å²) in [6.07, 6.45) is 0.642. The van der Waals surface area contributed by atoms with Gasteiger partial charge in [-0.2, -0.15) is 0 Å². The van der Waals surface area contributed by atoms with Gasteiger partial charge in [-0.05, 0) is 19.9 Å². The van der Waals surface area contributed by atoms with Crippen LogP contribution in [0.25, 0.3) is 0 Å². The van der Waals surface area contributed by atoms with E-state index in [1.165, 1.54) is 0 Å². The lowest BCUT2D eigenvalue weighted by Crippen LogP contribution is -2.37. The van der Waals surface area contributed by atoms with E-state index in [1.807, 2.05) is 20.9 Å². The summed E-state index contributed by atoms with van der Waals surface area (Å²) >= 11 is 0. The summed E-state index contributed by atoms with van der Waals surface area (Å²) in [5, 5.41) is 0. The number of carbonyl (C=O) groups excluding carboxylic acids is 1. The maximum Gasteiger partial charge on any atom is 0.149 e. The Kier molecular flexibility index (Phi) is 5.14. The first-order valence-corrected chi connectivity index (χ1v) is 4.72. The van der Waals surface area contributed by atoms with Gasteiger partial charge < -0.3 is 0 Å². The van der Waals surface area contributed by atoms with Crippen molar-refractivity contribution in [1.29, 1.82) is 0 Å². The van der Waals surface area contributed by atoms with Crippen LogP contribution in [0, 0.1) is 5.92 Å². The fraction of sp³-hybridized carbons (Fsp3) is 0.900. The second-order valence-corrected chi connectivity index (χ2v) is 3.83. The molecule has 0 radical (unpaired) electrons. The predicted molar refractivity (Wildman–Crippen MR) is 52.2 cm³/mol. The van der Waals surface area contributed by atoms with Crippen LogP contribution in [0.3, 0.4) is 0 Å². The average molecular weight is 171 g/mol. The molecule has 2 nitrogen and oxygen atoms in total. The first-order valence-electron chi connectivity index (χ1n) is 4.72. The minimum absolute atomic E-state index is 0.0809. The van der Waals surface area contributed by atoms with Crippen LogP contribution in [0.5, 0.6) is 0 Å². The second-order valence-electron chi connectivity index (χ2n) is 3.83.